The Morgan fingerprint density at radius 3 is 2.86 bits per heavy atom. The Bertz CT molecular complexity index is 946. The predicted molar refractivity (Wildman–Crippen MR) is 107 cm³/mol. The zero-order chi connectivity index (χ0) is 19.3. The molecule has 2 aromatic carbocycles. The third-order valence-electron chi connectivity index (χ3n) is 4.73. The summed E-state index contributed by atoms with van der Waals surface area (Å²) >= 11 is 0. The summed E-state index contributed by atoms with van der Waals surface area (Å²) in [6.07, 6.45) is 2.76. The summed E-state index contributed by atoms with van der Waals surface area (Å²) in [5, 5.41) is 3.13. The average Bonchev–Trinajstić information content (AvgIpc) is 2.70. The van der Waals surface area contributed by atoms with E-state index in [4.69, 9.17) is 4.74 Å². The van der Waals surface area contributed by atoms with Crippen molar-refractivity contribution in [2.45, 2.75) is 26.4 Å². The van der Waals surface area contributed by atoms with Crippen molar-refractivity contribution < 1.29 is 9.13 Å². The van der Waals surface area contributed by atoms with Crippen LogP contribution in [0.4, 0.5) is 16.0 Å². The SMILES string of the molecule is CCOc1cccc(CN2CCc3nc(Nc4ccc(F)cc4)ncc3C2)c1. The Morgan fingerprint density at radius 1 is 1.18 bits per heavy atom. The van der Waals surface area contributed by atoms with Crippen LogP contribution in [-0.4, -0.2) is 28.0 Å². The van der Waals surface area contributed by atoms with Crippen LogP contribution in [0.3, 0.4) is 0 Å². The number of anilines is 2. The monoisotopic (exact) mass is 378 g/mol. The molecular weight excluding hydrogens is 355 g/mol. The summed E-state index contributed by atoms with van der Waals surface area (Å²) < 4.78 is 18.6. The first kappa shape index (κ1) is 18.4. The second kappa shape index (κ2) is 8.35. The summed E-state index contributed by atoms with van der Waals surface area (Å²) in [5.74, 6) is 1.20. The van der Waals surface area contributed by atoms with E-state index in [-0.39, 0.29) is 5.82 Å². The number of hydrogen-bond acceptors (Lipinski definition) is 5. The summed E-state index contributed by atoms with van der Waals surface area (Å²) in [6.45, 7) is 5.30. The lowest BCUT2D eigenvalue weighted by Gasteiger charge is -2.28. The average molecular weight is 378 g/mol. The quantitative estimate of drug-likeness (QED) is 0.692. The van der Waals surface area contributed by atoms with Crippen LogP contribution in [0.2, 0.25) is 0 Å². The topological polar surface area (TPSA) is 50.3 Å². The molecule has 0 bridgehead atoms. The number of aromatic nitrogens is 2. The lowest BCUT2D eigenvalue weighted by atomic mass is 10.1. The molecule has 2 heterocycles. The fourth-order valence-electron chi connectivity index (χ4n) is 3.39. The van der Waals surface area contributed by atoms with Gasteiger partial charge in [0.1, 0.15) is 11.6 Å². The van der Waals surface area contributed by atoms with E-state index in [1.54, 1.807) is 12.1 Å². The highest BCUT2D eigenvalue weighted by molar-refractivity contribution is 5.53. The molecule has 0 radical (unpaired) electrons. The van der Waals surface area contributed by atoms with Crippen LogP contribution in [0.25, 0.3) is 0 Å². The number of benzene rings is 2. The van der Waals surface area contributed by atoms with Gasteiger partial charge in [0.05, 0.1) is 12.3 Å². The number of hydrogen-bond donors (Lipinski definition) is 1. The van der Waals surface area contributed by atoms with Gasteiger partial charge >= 0.3 is 0 Å². The van der Waals surface area contributed by atoms with Crippen molar-refractivity contribution in [2.75, 3.05) is 18.5 Å². The number of ether oxygens (including phenoxy) is 1. The molecule has 5 nitrogen and oxygen atoms in total. The van der Waals surface area contributed by atoms with Gasteiger partial charge in [0, 0.05) is 43.5 Å². The van der Waals surface area contributed by atoms with Gasteiger partial charge in [-0.25, -0.2) is 14.4 Å². The zero-order valence-corrected chi connectivity index (χ0v) is 15.9. The summed E-state index contributed by atoms with van der Waals surface area (Å²) in [5.41, 5.74) is 4.23. The van der Waals surface area contributed by atoms with Crippen LogP contribution in [0.15, 0.2) is 54.7 Å². The molecule has 1 aromatic heterocycles. The Hall–Kier alpha value is -2.99. The standard InChI is InChI=1S/C22H23FN4O/c1-2-28-20-5-3-4-16(12-20)14-27-11-10-21-17(15-27)13-24-22(26-21)25-19-8-6-18(23)7-9-19/h3-9,12-13H,2,10-11,14-15H2,1H3,(H,24,25,26). The van der Waals surface area contributed by atoms with E-state index in [1.807, 2.05) is 25.3 Å². The van der Waals surface area contributed by atoms with Gasteiger partial charge in [-0.3, -0.25) is 4.90 Å². The van der Waals surface area contributed by atoms with Gasteiger partial charge in [0.15, 0.2) is 0 Å². The van der Waals surface area contributed by atoms with Gasteiger partial charge in [-0.2, -0.15) is 0 Å². The zero-order valence-electron chi connectivity index (χ0n) is 15.9. The van der Waals surface area contributed by atoms with Crippen molar-refractivity contribution >= 4 is 11.6 Å². The number of rotatable bonds is 6. The molecular formula is C22H23FN4O. The Labute approximate surface area is 164 Å². The summed E-state index contributed by atoms with van der Waals surface area (Å²) in [7, 11) is 0. The van der Waals surface area contributed by atoms with E-state index >= 15 is 0 Å². The number of fused-ring (bicyclic) bond motifs is 1. The summed E-state index contributed by atoms with van der Waals surface area (Å²) in [6, 6.07) is 14.4. The van der Waals surface area contributed by atoms with Crippen molar-refractivity contribution in [1.82, 2.24) is 14.9 Å². The number of nitrogens with zero attached hydrogens (tertiary/aromatic N) is 3. The second-order valence-electron chi connectivity index (χ2n) is 6.84. The molecule has 0 saturated carbocycles. The molecule has 1 N–H and O–H groups in total. The van der Waals surface area contributed by atoms with Crippen LogP contribution < -0.4 is 10.1 Å². The molecule has 0 atom stereocenters. The highest BCUT2D eigenvalue weighted by Crippen LogP contribution is 2.22. The van der Waals surface area contributed by atoms with E-state index in [1.165, 1.54) is 17.7 Å². The first-order valence-electron chi connectivity index (χ1n) is 9.51. The van der Waals surface area contributed by atoms with Crippen LogP contribution >= 0.6 is 0 Å². The normalized spacial score (nSPS) is 13.8. The van der Waals surface area contributed by atoms with Crippen molar-refractivity contribution in [3.63, 3.8) is 0 Å². The lowest BCUT2D eigenvalue weighted by Crippen LogP contribution is -2.31. The van der Waals surface area contributed by atoms with Crippen LogP contribution in [0.5, 0.6) is 5.75 Å². The third kappa shape index (κ3) is 4.46. The van der Waals surface area contributed by atoms with E-state index in [0.29, 0.717) is 12.6 Å². The fourth-order valence-corrected chi connectivity index (χ4v) is 3.39. The van der Waals surface area contributed by atoms with Crippen LogP contribution in [0, 0.1) is 5.82 Å². The maximum atomic E-state index is 13.0. The van der Waals surface area contributed by atoms with Gasteiger partial charge in [0.25, 0.3) is 0 Å². The minimum atomic E-state index is -0.260. The minimum Gasteiger partial charge on any atom is -0.494 e. The molecule has 4 rings (SSSR count). The van der Waals surface area contributed by atoms with Crippen LogP contribution in [-0.2, 0) is 19.5 Å². The first-order valence-corrected chi connectivity index (χ1v) is 9.51. The van der Waals surface area contributed by atoms with E-state index in [9.17, 15) is 4.39 Å². The highest BCUT2D eigenvalue weighted by atomic mass is 19.1. The Kier molecular flexibility index (Phi) is 5.48. The van der Waals surface area contributed by atoms with Crippen LogP contribution in [0.1, 0.15) is 23.7 Å². The molecule has 1 aliphatic rings. The maximum Gasteiger partial charge on any atom is 0.227 e. The molecule has 0 spiro atoms. The molecule has 0 unspecified atom stereocenters. The van der Waals surface area contributed by atoms with Crippen molar-refractivity contribution in [1.29, 1.82) is 0 Å². The molecule has 0 fully saturated rings. The van der Waals surface area contributed by atoms with E-state index < -0.39 is 0 Å². The van der Waals surface area contributed by atoms with Crippen molar-refractivity contribution in [3.05, 3.63) is 77.4 Å². The molecule has 0 amide bonds. The Balaban J connectivity index is 1.41. The highest BCUT2D eigenvalue weighted by Gasteiger charge is 2.19. The molecule has 6 heteroatoms. The maximum absolute atomic E-state index is 13.0. The third-order valence-corrected chi connectivity index (χ3v) is 4.73. The minimum absolute atomic E-state index is 0.260. The van der Waals surface area contributed by atoms with Crippen molar-refractivity contribution in [3.8, 4) is 5.75 Å². The van der Waals surface area contributed by atoms with Gasteiger partial charge in [-0.05, 0) is 48.9 Å². The van der Waals surface area contributed by atoms with Crippen molar-refractivity contribution in [2.24, 2.45) is 0 Å². The molecule has 0 saturated heterocycles. The van der Waals surface area contributed by atoms with E-state index in [0.717, 1.165) is 48.7 Å². The van der Waals surface area contributed by atoms with Gasteiger partial charge in [-0.15, -0.1) is 0 Å². The first-order chi connectivity index (χ1) is 13.7. The number of halogens is 1. The molecule has 28 heavy (non-hydrogen) atoms. The summed E-state index contributed by atoms with van der Waals surface area (Å²) in [4.78, 5) is 11.5. The molecule has 3 aromatic rings. The van der Waals surface area contributed by atoms with Gasteiger partial charge < -0.3 is 10.1 Å². The van der Waals surface area contributed by atoms with Gasteiger partial charge in [0.2, 0.25) is 5.95 Å². The second-order valence-corrected chi connectivity index (χ2v) is 6.84. The predicted octanol–water partition coefficient (Wildman–Crippen LogP) is 4.32. The smallest absolute Gasteiger partial charge is 0.227 e. The molecule has 1 aliphatic heterocycles. The van der Waals surface area contributed by atoms with E-state index in [2.05, 4.69) is 32.3 Å². The largest absolute Gasteiger partial charge is 0.494 e. The lowest BCUT2D eigenvalue weighted by molar-refractivity contribution is 0.242. The van der Waals surface area contributed by atoms with Gasteiger partial charge in [-0.1, -0.05) is 12.1 Å². The Morgan fingerprint density at radius 2 is 2.04 bits per heavy atom. The number of nitrogens with one attached hydrogen (secondary N) is 1. The molecule has 144 valence electrons. The molecule has 0 aliphatic carbocycles. The fraction of sp³-hybridized carbons (Fsp3) is 0.273.